The van der Waals surface area contributed by atoms with Crippen molar-refractivity contribution in [1.29, 1.82) is 0 Å². The minimum atomic E-state index is -0.704. The van der Waals surface area contributed by atoms with Gasteiger partial charge in [0.25, 0.3) is 0 Å². The molecular weight excluding hydrogens is 267 g/mol. The van der Waals surface area contributed by atoms with Crippen LogP contribution in [0.1, 0.15) is 103 Å². The van der Waals surface area contributed by atoms with Crippen LogP contribution in [0.3, 0.4) is 0 Å². The molecule has 0 rings (SSSR count). The topological polar surface area (TPSA) is 37.3 Å². The molecule has 0 aromatic carbocycles. The highest BCUT2D eigenvalue weighted by molar-refractivity contribution is 5.66. The SMILES string of the molecule is CCCCCCCCC(F)CCCCCCCCC(=O)O. The molecule has 0 fully saturated rings. The summed E-state index contributed by atoms with van der Waals surface area (Å²) in [4.78, 5) is 10.3. The van der Waals surface area contributed by atoms with Crippen molar-refractivity contribution in [2.45, 2.75) is 109 Å². The maximum absolute atomic E-state index is 13.6. The Morgan fingerprint density at radius 1 is 0.810 bits per heavy atom. The van der Waals surface area contributed by atoms with Crippen LogP contribution in [0.15, 0.2) is 0 Å². The van der Waals surface area contributed by atoms with Gasteiger partial charge in [0.15, 0.2) is 0 Å². The lowest BCUT2D eigenvalue weighted by molar-refractivity contribution is -0.137. The van der Waals surface area contributed by atoms with Crippen LogP contribution in [0.4, 0.5) is 4.39 Å². The second-order valence-electron chi connectivity index (χ2n) is 6.21. The third-order valence-electron chi connectivity index (χ3n) is 4.03. The lowest BCUT2D eigenvalue weighted by atomic mass is 10.0. The van der Waals surface area contributed by atoms with Crippen molar-refractivity contribution in [1.82, 2.24) is 0 Å². The fraction of sp³-hybridized carbons (Fsp3) is 0.944. The van der Waals surface area contributed by atoms with E-state index in [9.17, 15) is 9.18 Å². The molecule has 1 atom stereocenters. The van der Waals surface area contributed by atoms with Gasteiger partial charge in [-0.2, -0.15) is 0 Å². The van der Waals surface area contributed by atoms with Crippen LogP contribution in [0.5, 0.6) is 0 Å². The maximum atomic E-state index is 13.6. The molecule has 0 aromatic rings. The van der Waals surface area contributed by atoms with Crippen LogP contribution < -0.4 is 0 Å². The Labute approximate surface area is 130 Å². The van der Waals surface area contributed by atoms with Gasteiger partial charge in [-0.3, -0.25) is 4.79 Å². The monoisotopic (exact) mass is 302 g/mol. The fourth-order valence-corrected chi connectivity index (χ4v) is 2.64. The Balaban J connectivity index is 3.15. The molecule has 0 saturated carbocycles. The number of hydrogen-bond acceptors (Lipinski definition) is 1. The summed E-state index contributed by atoms with van der Waals surface area (Å²) < 4.78 is 13.6. The molecule has 126 valence electrons. The van der Waals surface area contributed by atoms with Crippen molar-refractivity contribution in [3.63, 3.8) is 0 Å². The highest BCUT2D eigenvalue weighted by Crippen LogP contribution is 2.16. The van der Waals surface area contributed by atoms with Gasteiger partial charge in [-0.1, -0.05) is 77.6 Å². The van der Waals surface area contributed by atoms with Gasteiger partial charge in [0.1, 0.15) is 6.17 Å². The fourth-order valence-electron chi connectivity index (χ4n) is 2.64. The Morgan fingerprint density at radius 3 is 1.71 bits per heavy atom. The molecule has 0 radical (unpaired) electrons. The predicted molar refractivity (Wildman–Crippen MR) is 87.5 cm³/mol. The summed E-state index contributed by atoms with van der Waals surface area (Å²) in [5.74, 6) is -0.704. The number of hydrogen-bond donors (Lipinski definition) is 1. The van der Waals surface area contributed by atoms with Crippen LogP contribution in [-0.2, 0) is 4.79 Å². The van der Waals surface area contributed by atoms with Crippen molar-refractivity contribution < 1.29 is 14.3 Å². The molecule has 0 aliphatic heterocycles. The zero-order valence-corrected chi connectivity index (χ0v) is 13.9. The summed E-state index contributed by atoms with van der Waals surface area (Å²) in [5.41, 5.74) is 0. The molecule has 21 heavy (non-hydrogen) atoms. The van der Waals surface area contributed by atoms with Gasteiger partial charge in [0, 0.05) is 6.42 Å². The van der Waals surface area contributed by atoms with Gasteiger partial charge in [-0.15, -0.1) is 0 Å². The molecule has 0 amide bonds. The predicted octanol–water partition coefficient (Wildman–Crippen LogP) is 6.28. The maximum Gasteiger partial charge on any atom is 0.303 e. The summed E-state index contributed by atoms with van der Waals surface area (Å²) in [6, 6.07) is 0. The lowest BCUT2D eigenvalue weighted by Gasteiger charge is -2.08. The summed E-state index contributed by atoms with van der Waals surface area (Å²) in [6.45, 7) is 2.21. The number of rotatable bonds is 16. The van der Waals surface area contributed by atoms with Crippen molar-refractivity contribution in [2.24, 2.45) is 0 Å². The second kappa shape index (κ2) is 15.8. The van der Waals surface area contributed by atoms with E-state index >= 15 is 0 Å². The number of alkyl halides is 1. The third kappa shape index (κ3) is 17.3. The van der Waals surface area contributed by atoms with Crippen molar-refractivity contribution in [3.8, 4) is 0 Å². The van der Waals surface area contributed by atoms with E-state index in [1.807, 2.05) is 0 Å². The quantitative estimate of drug-likeness (QED) is 0.341. The van der Waals surface area contributed by atoms with Gasteiger partial charge >= 0.3 is 5.97 Å². The van der Waals surface area contributed by atoms with Gasteiger partial charge in [0.05, 0.1) is 0 Å². The number of carbonyl (C=O) groups is 1. The van der Waals surface area contributed by atoms with E-state index in [2.05, 4.69) is 6.92 Å². The normalized spacial score (nSPS) is 12.5. The lowest BCUT2D eigenvalue weighted by Crippen LogP contribution is -2.00. The second-order valence-corrected chi connectivity index (χ2v) is 6.21. The first-order valence-corrected chi connectivity index (χ1v) is 9.02. The van der Waals surface area contributed by atoms with Gasteiger partial charge in [0.2, 0.25) is 0 Å². The van der Waals surface area contributed by atoms with Crippen LogP contribution in [-0.4, -0.2) is 17.2 Å². The number of aliphatic carboxylic acids is 1. The molecule has 0 aliphatic rings. The Bertz CT molecular complexity index is 231. The van der Waals surface area contributed by atoms with Crippen molar-refractivity contribution in [3.05, 3.63) is 0 Å². The standard InChI is InChI=1S/C18H35FO2/c1-2-3-4-5-8-11-14-17(19)15-12-9-6-7-10-13-16-18(20)21/h17H,2-16H2,1H3,(H,20,21). The van der Waals surface area contributed by atoms with Crippen LogP contribution in [0, 0.1) is 0 Å². The summed E-state index contributed by atoms with van der Waals surface area (Å²) in [5, 5.41) is 8.50. The number of carboxylic acids is 1. The van der Waals surface area contributed by atoms with Gasteiger partial charge in [-0.05, 0) is 19.3 Å². The van der Waals surface area contributed by atoms with E-state index in [4.69, 9.17) is 5.11 Å². The minimum Gasteiger partial charge on any atom is -0.481 e. The Morgan fingerprint density at radius 2 is 1.24 bits per heavy atom. The van der Waals surface area contributed by atoms with Crippen LogP contribution >= 0.6 is 0 Å². The van der Waals surface area contributed by atoms with E-state index in [-0.39, 0.29) is 6.42 Å². The van der Waals surface area contributed by atoms with Gasteiger partial charge < -0.3 is 5.11 Å². The first-order valence-electron chi connectivity index (χ1n) is 9.02. The molecule has 0 aliphatic carbocycles. The van der Waals surface area contributed by atoms with E-state index in [1.54, 1.807) is 0 Å². The molecule has 0 aromatic heterocycles. The highest BCUT2D eigenvalue weighted by atomic mass is 19.1. The van der Waals surface area contributed by atoms with Crippen LogP contribution in [0.25, 0.3) is 0 Å². The minimum absolute atomic E-state index is 0.283. The smallest absolute Gasteiger partial charge is 0.303 e. The van der Waals surface area contributed by atoms with Crippen molar-refractivity contribution >= 4 is 5.97 Å². The van der Waals surface area contributed by atoms with Crippen molar-refractivity contribution in [2.75, 3.05) is 0 Å². The molecule has 3 heteroatoms. The number of carboxylic acid groups (broad SMARTS) is 1. The Hall–Kier alpha value is -0.600. The molecule has 0 saturated heterocycles. The molecule has 2 nitrogen and oxygen atoms in total. The summed E-state index contributed by atoms with van der Waals surface area (Å²) in [7, 11) is 0. The largest absolute Gasteiger partial charge is 0.481 e. The van der Waals surface area contributed by atoms with E-state index in [0.717, 1.165) is 51.4 Å². The Kier molecular flexibility index (Phi) is 15.3. The van der Waals surface area contributed by atoms with E-state index in [1.165, 1.54) is 32.1 Å². The van der Waals surface area contributed by atoms with Gasteiger partial charge in [-0.25, -0.2) is 4.39 Å². The summed E-state index contributed by atoms with van der Waals surface area (Å²) in [6.07, 6.45) is 14.5. The molecule has 1 unspecified atom stereocenters. The molecule has 1 N–H and O–H groups in total. The highest BCUT2D eigenvalue weighted by Gasteiger charge is 2.05. The zero-order valence-electron chi connectivity index (χ0n) is 13.9. The third-order valence-corrected chi connectivity index (χ3v) is 4.03. The molecule has 0 spiro atoms. The first kappa shape index (κ1) is 20.4. The number of unbranched alkanes of at least 4 members (excludes halogenated alkanes) is 10. The average Bonchev–Trinajstić information content (AvgIpc) is 2.45. The van der Waals surface area contributed by atoms with Crippen LogP contribution in [0.2, 0.25) is 0 Å². The zero-order chi connectivity index (χ0) is 15.8. The summed E-state index contributed by atoms with van der Waals surface area (Å²) >= 11 is 0. The van der Waals surface area contributed by atoms with E-state index < -0.39 is 12.1 Å². The number of halogens is 1. The van der Waals surface area contributed by atoms with E-state index in [0.29, 0.717) is 6.42 Å². The molecule has 0 bridgehead atoms. The first-order chi connectivity index (χ1) is 10.2. The molecular formula is C18H35FO2. The molecule has 0 heterocycles. The average molecular weight is 302 g/mol.